The predicted octanol–water partition coefficient (Wildman–Crippen LogP) is 3.82. The zero-order valence-electron chi connectivity index (χ0n) is 13.3. The van der Waals surface area contributed by atoms with Crippen molar-refractivity contribution in [2.45, 2.75) is 24.7 Å². The van der Waals surface area contributed by atoms with E-state index in [-0.39, 0.29) is 18.4 Å². The molecule has 0 spiro atoms. The van der Waals surface area contributed by atoms with E-state index in [0.29, 0.717) is 30.1 Å². The third-order valence-corrected chi connectivity index (χ3v) is 4.52. The number of hydrogen-bond acceptors (Lipinski definition) is 4. The van der Waals surface area contributed by atoms with E-state index in [1.54, 1.807) is 0 Å². The van der Waals surface area contributed by atoms with Crippen molar-refractivity contribution in [3.8, 4) is 11.4 Å². The second-order valence-electron chi connectivity index (χ2n) is 6.24. The standard InChI is InChI=1S/C19H16F2N2O2/c20-13-5-6-14(17(21)9-13)15-10-16(15)19-22-18(23-25-19)12-3-1-11(2-4-12)7-8-24/h1-6,9,15-16,24H,7-8,10H2/t15-,16+/m0/s1. The highest BCUT2D eigenvalue weighted by molar-refractivity contribution is 5.55. The molecule has 4 rings (SSSR count). The van der Waals surface area contributed by atoms with Crippen LogP contribution in [0.25, 0.3) is 11.4 Å². The molecule has 0 saturated heterocycles. The van der Waals surface area contributed by atoms with Gasteiger partial charge in [0, 0.05) is 24.2 Å². The monoisotopic (exact) mass is 342 g/mol. The van der Waals surface area contributed by atoms with E-state index in [1.165, 1.54) is 12.1 Å². The largest absolute Gasteiger partial charge is 0.396 e. The lowest BCUT2D eigenvalue weighted by atomic mass is 10.1. The molecule has 4 nitrogen and oxygen atoms in total. The summed E-state index contributed by atoms with van der Waals surface area (Å²) in [6.07, 6.45) is 1.31. The molecule has 1 N–H and O–H groups in total. The van der Waals surface area contributed by atoms with Gasteiger partial charge in [-0.3, -0.25) is 0 Å². The van der Waals surface area contributed by atoms with Gasteiger partial charge >= 0.3 is 0 Å². The number of nitrogens with zero attached hydrogens (tertiary/aromatic N) is 2. The van der Waals surface area contributed by atoms with Crippen LogP contribution in [0.1, 0.15) is 35.3 Å². The first-order chi connectivity index (χ1) is 12.2. The molecule has 0 radical (unpaired) electrons. The fourth-order valence-electron chi connectivity index (χ4n) is 3.07. The van der Waals surface area contributed by atoms with Gasteiger partial charge in [0.15, 0.2) is 0 Å². The second kappa shape index (κ2) is 6.37. The highest BCUT2D eigenvalue weighted by Crippen LogP contribution is 2.54. The lowest BCUT2D eigenvalue weighted by Crippen LogP contribution is -1.91. The van der Waals surface area contributed by atoms with Crippen molar-refractivity contribution >= 4 is 0 Å². The Kier molecular flexibility index (Phi) is 4.05. The van der Waals surface area contributed by atoms with Gasteiger partial charge in [0.25, 0.3) is 0 Å². The molecule has 0 amide bonds. The molecule has 1 heterocycles. The Bertz CT molecular complexity index is 893. The van der Waals surface area contributed by atoms with Gasteiger partial charge < -0.3 is 9.63 Å². The maximum atomic E-state index is 13.9. The fraction of sp³-hybridized carbons (Fsp3) is 0.263. The summed E-state index contributed by atoms with van der Waals surface area (Å²) in [7, 11) is 0. The van der Waals surface area contributed by atoms with Crippen molar-refractivity contribution in [2.24, 2.45) is 0 Å². The molecule has 2 aromatic carbocycles. The van der Waals surface area contributed by atoms with Crippen molar-refractivity contribution in [3.05, 3.63) is 71.1 Å². The van der Waals surface area contributed by atoms with Gasteiger partial charge in [-0.05, 0) is 36.0 Å². The summed E-state index contributed by atoms with van der Waals surface area (Å²) in [5.74, 6) is -0.246. The minimum atomic E-state index is -0.580. The van der Waals surface area contributed by atoms with Crippen LogP contribution in [0.3, 0.4) is 0 Å². The molecule has 3 aromatic rings. The molecular formula is C19H16F2N2O2. The molecule has 128 valence electrons. The average molecular weight is 342 g/mol. The van der Waals surface area contributed by atoms with Crippen molar-refractivity contribution in [3.63, 3.8) is 0 Å². The third-order valence-electron chi connectivity index (χ3n) is 4.52. The van der Waals surface area contributed by atoms with Gasteiger partial charge in [-0.2, -0.15) is 4.98 Å². The molecule has 0 aliphatic heterocycles. The van der Waals surface area contributed by atoms with Gasteiger partial charge in [-0.15, -0.1) is 0 Å². The molecule has 0 bridgehead atoms. The number of aromatic nitrogens is 2. The van der Waals surface area contributed by atoms with Crippen LogP contribution < -0.4 is 0 Å². The summed E-state index contributed by atoms with van der Waals surface area (Å²) in [4.78, 5) is 4.42. The SMILES string of the molecule is OCCc1ccc(-c2noc([C@@H]3C[C@H]3c3ccc(F)cc3F)n2)cc1. The van der Waals surface area contributed by atoms with Crippen LogP contribution in [-0.4, -0.2) is 21.9 Å². The maximum absolute atomic E-state index is 13.9. The van der Waals surface area contributed by atoms with Crippen molar-refractivity contribution in [1.82, 2.24) is 10.1 Å². The normalized spacial score (nSPS) is 19.2. The lowest BCUT2D eigenvalue weighted by Gasteiger charge is -2.00. The molecule has 0 unspecified atom stereocenters. The molecule has 2 atom stereocenters. The first-order valence-electron chi connectivity index (χ1n) is 8.14. The number of rotatable bonds is 5. The van der Waals surface area contributed by atoms with Gasteiger partial charge in [0.1, 0.15) is 11.6 Å². The second-order valence-corrected chi connectivity index (χ2v) is 6.24. The quantitative estimate of drug-likeness (QED) is 0.766. The van der Waals surface area contributed by atoms with E-state index in [4.69, 9.17) is 9.63 Å². The van der Waals surface area contributed by atoms with Crippen LogP contribution in [0, 0.1) is 11.6 Å². The molecule has 1 aromatic heterocycles. The number of benzene rings is 2. The van der Waals surface area contributed by atoms with Crippen LogP contribution in [0.2, 0.25) is 0 Å². The van der Waals surface area contributed by atoms with Crippen molar-refractivity contribution in [2.75, 3.05) is 6.61 Å². The Morgan fingerprint density at radius 2 is 1.88 bits per heavy atom. The minimum Gasteiger partial charge on any atom is -0.396 e. The lowest BCUT2D eigenvalue weighted by molar-refractivity contribution is 0.299. The topological polar surface area (TPSA) is 59.2 Å². The molecule has 1 aliphatic rings. The van der Waals surface area contributed by atoms with Gasteiger partial charge in [0.2, 0.25) is 11.7 Å². The Morgan fingerprint density at radius 1 is 1.08 bits per heavy atom. The summed E-state index contributed by atoms with van der Waals surface area (Å²) in [6.45, 7) is 0.106. The van der Waals surface area contributed by atoms with E-state index in [1.807, 2.05) is 24.3 Å². The molecule has 1 aliphatic carbocycles. The summed E-state index contributed by atoms with van der Waals surface area (Å²) < 4.78 is 32.2. The molecule has 1 fully saturated rings. The first kappa shape index (κ1) is 15.9. The zero-order chi connectivity index (χ0) is 17.4. The highest BCUT2D eigenvalue weighted by atomic mass is 19.1. The Balaban J connectivity index is 1.50. The van der Waals surface area contributed by atoms with Crippen LogP contribution in [0.5, 0.6) is 0 Å². The molecular weight excluding hydrogens is 326 g/mol. The van der Waals surface area contributed by atoms with Crippen LogP contribution in [-0.2, 0) is 6.42 Å². The summed E-state index contributed by atoms with van der Waals surface area (Å²) in [5.41, 5.74) is 2.34. The Labute approximate surface area is 143 Å². The third kappa shape index (κ3) is 3.17. The smallest absolute Gasteiger partial charge is 0.230 e. The van der Waals surface area contributed by atoms with Gasteiger partial charge in [-0.1, -0.05) is 35.5 Å². The predicted molar refractivity (Wildman–Crippen MR) is 87.0 cm³/mol. The van der Waals surface area contributed by atoms with E-state index >= 15 is 0 Å². The Morgan fingerprint density at radius 3 is 2.60 bits per heavy atom. The van der Waals surface area contributed by atoms with E-state index in [0.717, 1.165) is 17.2 Å². The number of halogens is 2. The number of aliphatic hydroxyl groups excluding tert-OH is 1. The van der Waals surface area contributed by atoms with E-state index < -0.39 is 11.6 Å². The summed E-state index contributed by atoms with van der Waals surface area (Å²) in [6, 6.07) is 11.2. The fourth-order valence-corrected chi connectivity index (χ4v) is 3.07. The van der Waals surface area contributed by atoms with Gasteiger partial charge in [-0.25, -0.2) is 8.78 Å². The Hall–Kier alpha value is -2.60. The van der Waals surface area contributed by atoms with Gasteiger partial charge in [0.05, 0.1) is 0 Å². The molecule has 1 saturated carbocycles. The number of aliphatic hydroxyl groups is 1. The zero-order valence-corrected chi connectivity index (χ0v) is 13.3. The molecule has 6 heteroatoms. The molecule has 25 heavy (non-hydrogen) atoms. The highest BCUT2D eigenvalue weighted by Gasteiger charge is 2.45. The number of hydrogen-bond donors (Lipinski definition) is 1. The van der Waals surface area contributed by atoms with Crippen LogP contribution >= 0.6 is 0 Å². The first-order valence-corrected chi connectivity index (χ1v) is 8.14. The average Bonchev–Trinajstić information content (AvgIpc) is 3.23. The van der Waals surface area contributed by atoms with Crippen LogP contribution in [0.15, 0.2) is 47.0 Å². The summed E-state index contributed by atoms with van der Waals surface area (Å²) in [5, 5.41) is 12.9. The minimum absolute atomic E-state index is 0.0325. The van der Waals surface area contributed by atoms with E-state index in [2.05, 4.69) is 10.1 Å². The summed E-state index contributed by atoms with van der Waals surface area (Å²) >= 11 is 0. The maximum Gasteiger partial charge on any atom is 0.230 e. The van der Waals surface area contributed by atoms with E-state index in [9.17, 15) is 8.78 Å². The van der Waals surface area contributed by atoms with Crippen LogP contribution in [0.4, 0.5) is 8.78 Å². The van der Waals surface area contributed by atoms with Crippen molar-refractivity contribution in [1.29, 1.82) is 0 Å². The van der Waals surface area contributed by atoms with Crippen molar-refractivity contribution < 1.29 is 18.4 Å².